The van der Waals surface area contributed by atoms with E-state index >= 15 is 0 Å². The van der Waals surface area contributed by atoms with Crippen LogP contribution >= 0.6 is 0 Å². The van der Waals surface area contributed by atoms with Gasteiger partial charge >= 0.3 is 0 Å². The molecule has 1 N–H and O–H groups in total. The lowest BCUT2D eigenvalue weighted by molar-refractivity contribution is 0.152. The van der Waals surface area contributed by atoms with Gasteiger partial charge in [0.2, 0.25) is 0 Å². The lowest BCUT2D eigenvalue weighted by Crippen LogP contribution is -2.49. The van der Waals surface area contributed by atoms with Gasteiger partial charge in [-0.25, -0.2) is 0 Å². The fraction of sp³-hybridized carbons (Fsp3) is 1.00. The van der Waals surface area contributed by atoms with Gasteiger partial charge in [-0.1, -0.05) is 13.8 Å². The molecule has 0 saturated carbocycles. The Morgan fingerprint density at radius 1 is 1.35 bits per heavy atom. The summed E-state index contributed by atoms with van der Waals surface area (Å²) < 4.78 is 0. The smallest absolute Gasteiger partial charge is 0.0223 e. The molecule has 17 heavy (non-hydrogen) atoms. The summed E-state index contributed by atoms with van der Waals surface area (Å²) in [4.78, 5) is 5.15. The number of likely N-dealkylation sites (tertiary alicyclic amines) is 1. The fourth-order valence-electron chi connectivity index (χ4n) is 2.89. The van der Waals surface area contributed by atoms with Crippen molar-refractivity contribution in [2.75, 3.05) is 33.2 Å². The minimum atomic E-state index is 0.571. The number of nitrogens with one attached hydrogen (secondary N) is 1. The Balaban J connectivity index is 2.39. The summed E-state index contributed by atoms with van der Waals surface area (Å²) in [6, 6.07) is 1.96. The number of nitrogens with zero attached hydrogens (tertiary/aromatic N) is 2. The third-order valence-electron chi connectivity index (χ3n) is 4.35. The van der Waals surface area contributed by atoms with Gasteiger partial charge < -0.3 is 10.2 Å². The molecule has 1 aliphatic rings. The predicted molar refractivity (Wildman–Crippen MR) is 75.5 cm³/mol. The second kappa shape index (κ2) is 7.34. The second-order valence-corrected chi connectivity index (χ2v) is 5.45. The van der Waals surface area contributed by atoms with Crippen molar-refractivity contribution >= 4 is 0 Å². The average Bonchev–Trinajstić information content (AvgIpc) is 2.75. The average molecular weight is 241 g/mol. The highest BCUT2D eigenvalue weighted by molar-refractivity contribution is 4.84. The summed E-state index contributed by atoms with van der Waals surface area (Å²) in [5.74, 6) is 0. The Bertz CT molecular complexity index is 208. The van der Waals surface area contributed by atoms with E-state index < -0.39 is 0 Å². The molecule has 0 spiro atoms. The Kier molecular flexibility index (Phi) is 6.45. The molecule has 0 aromatic carbocycles. The highest BCUT2D eigenvalue weighted by Gasteiger charge is 2.26. The normalized spacial score (nSPS) is 25.4. The molecule has 1 saturated heterocycles. The molecule has 0 aromatic heterocycles. The van der Waals surface area contributed by atoms with Crippen LogP contribution in [0, 0.1) is 0 Å². The molecule has 1 heterocycles. The van der Waals surface area contributed by atoms with E-state index in [1.165, 1.54) is 32.5 Å². The van der Waals surface area contributed by atoms with Crippen molar-refractivity contribution in [3.63, 3.8) is 0 Å². The van der Waals surface area contributed by atoms with Gasteiger partial charge in [-0.15, -0.1) is 0 Å². The molecular weight excluding hydrogens is 210 g/mol. The molecule has 102 valence electrons. The molecule has 3 unspecified atom stereocenters. The number of hydrogen-bond acceptors (Lipinski definition) is 3. The van der Waals surface area contributed by atoms with Crippen molar-refractivity contribution in [3.05, 3.63) is 0 Å². The largest absolute Gasteiger partial charge is 0.313 e. The van der Waals surface area contributed by atoms with Crippen molar-refractivity contribution < 1.29 is 0 Å². The molecule has 1 rings (SSSR count). The molecule has 3 atom stereocenters. The van der Waals surface area contributed by atoms with E-state index in [4.69, 9.17) is 0 Å². The van der Waals surface area contributed by atoms with E-state index in [2.05, 4.69) is 49.9 Å². The second-order valence-electron chi connectivity index (χ2n) is 5.45. The van der Waals surface area contributed by atoms with Crippen LogP contribution in [0.25, 0.3) is 0 Å². The first-order chi connectivity index (χ1) is 8.10. The molecule has 1 aliphatic heterocycles. The fourth-order valence-corrected chi connectivity index (χ4v) is 2.89. The Morgan fingerprint density at radius 2 is 2.06 bits per heavy atom. The van der Waals surface area contributed by atoms with Gasteiger partial charge in [-0.05, 0) is 53.4 Å². The van der Waals surface area contributed by atoms with E-state index in [1.807, 2.05) is 0 Å². The van der Waals surface area contributed by atoms with Crippen molar-refractivity contribution in [3.8, 4) is 0 Å². The van der Waals surface area contributed by atoms with Gasteiger partial charge in [-0.3, -0.25) is 4.90 Å². The van der Waals surface area contributed by atoms with Gasteiger partial charge in [0.1, 0.15) is 0 Å². The lowest BCUT2D eigenvalue weighted by Gasteiger charge is -2.34. The summed E-state index contributed by atoms with van der Waals surface area (Å²) in [7, 11) is 2.27. The zero-order chi connectivity index (χ0) is 12.8. The number of likely N-dealkylation sites (N-methyl/N-ethyl adjacent to an activating group) is 3. The highest BCUT2D eigenvalue weighted by atomic mass is 15.2. The van der Waals surface area contributed by atoms with Gasteiger partial charge in [0.25, 0.3) is 0 Å². The first-order valence-electron chi connectivity index (χ1n) is 7.27. The molecular formula is C14H31N3. The minimum absolute atomic E-state index is 0.571. The minimum Gasteiger partial charge on any atom is -0.313 e. The third-order valence-corrected chi connectivity index (χ3v) is 4.35. The van der Waals surface area contributed by atoms with Gasteiger partial charge in [-0.2, -0.15) is 0 Å². The lowest BCUT2D eigenvalue weighted by atomic mass is 10.1. The van der Waals surface area contributed by atoms with Gasteiger partial charge in [0, 0.05) is 24.7 Å². The van der Waals surface area contributed by atoms with Crippen molar-refractivity contribution in [2.24, 2.45) is 0 Å². The summed E-state index contributed by atoms with van der Waals surface area (Å²) >= 11 is 0. The summed E-state index contributed by atoms with van der Waals surface area (Å²) in [5, 5.41) is 3.52. The maximum Gasteiger partial charge on any atom is 0.0223 e. The standard InChI is InChI=1S/C14H31N3/c1-6-15-12(3)13(4)16(5)11-14-9-8-10-17(14)7-2/h12-15H,6-11H2,1-5H3. The van der Waals surface area contributed by atoms with E-state index in [9.17, 15) is 0 Å². The van der Waals surface area contributed by atoms with Crippen molar-refractivity contribution in [1.29, 1.82) is 0 Å². The van der Waals surface area contributed by atoms with E-state index in [0.29, 0.717) is 12.1 Å². The topological polar surface area (TPSA) is 18.5 Å². The van der Waals surface area contributed by atoms with E-state index in [-0.39, 0.29) is 0 Å². The quantitative estimate of drug-likeness (QED) is 0.733. The maximum absolute atomic E-state index is 3.52. The first kappa shape index (κ1) is 14.9. The van der Waals surface area contributed by atoms with Gasteiger partial charge in [0.05, 0.1) is 0 Å². The highest BCUT2D eigenvalue weighted by Crippen LogP contribution is 2.18. The van der Waals surface area contributed by atoms with Crippen LogP contribution in [0.5, 0.6) is 0 Å². The van der Waals surface area contributed by atoms with Crippen LogP contribution in [0.15, 0.2) is 0 Å². The molecule has 0 aromatic rings. The summed E-state index contributed by atoms with van der Waals surface area (Å²) in [6.45, 7) is 13.9. The molecule has 1 fully saturated rings. The molecule has 3 heteroatoms. The molecule has 0 aliphatic carbocycles. The Hall–Kier alpha value is -0.120. The van der Waals surface area contributed by atoms with Crippen molar-refractivity contribution in [2.45, 2.75) is 58.7 Å². The van der Waals surface area contributed by atoms with E-state index in [0.717, 1.165) is 12.6 Å². The zero-order valence-electron chi connectivity index (χ0n) is 12.4. The third kappa shape index (κ3) is 4.23. The van der Waals surface area contributed by atoms with Crippen LogP contribution in [0.1, 0.15) is 40.5 Å². The van der Waals surface area contributed by atoms with Crippen LogP contribution < -0.4 is 5.32 Å². The number of hydrogen-bond donors (Lipinski definition) is 1. The maximum atomic E-state index is 3.52. The Morgan fingerprint density at radius 3 is 2.65 bits per heavy atom. The molecule has 0 radical (unpaired) electrons. The first-order valence-corrected chi connectivity index (χ1v) is 7.27. The SMILES string of the molecule is CCNC(C)C(C)N(C)CC1CCCN1CC. The summed E-state index contributed by atoms with van der Waals surface area (Å²) in [5.41, 5.74) is 0. The van der Waals surface area contributed by atoms with Crippen LogP contribution in [0.3, 0.4) is 0 Å². The molecule has 0 bridgehead atoms. The summed E-state index contributed by atoms with van der Waals surface area (Å²) in [6.07, 6.45) is 2.75. The van der Waals surface area contributed by atoms with Crippen LogP contribution in [-0.4, -0.2) is 61.2 Å². The Labute approximate surface area is 108 Å². The number of rotatable bonds is 7. The van der Waals surface area contributed by atoms with E-state index in [1.54, 1.807) is 0 Å². The zero-order valence-corrected chi connectivity index (χ0v) is 12.4. The van der Waals surface area contributed by atoms with Crippen LogP contribution in [0.4, 0.5) is 0 Å². The molecule has 3 nitrogen and oxygen atoms in total. The van der Waals surface area contributed by atoms with Gasteiger partial charge in [0.15, 0.2) is 0 Å². The van der Waals surface area contributed by atoms with Crippen LogP contribution in [0.2, 0.25) is 0 Å². The predicted octanol–water partition coefficient (Wildman–Crippen LogP) is 1.79. The van der Waals surface area contributed by atoms with Crippen molar-refractivity contribution in [1.82, 2.24) is 15.1 Å². The molecule has 0 amide bonds. The van der Waals surface area contributed by atoms with Crippen LogP contribution in [-0.2, 0) is 0 Å². The monoisotopic (exact) mass is 241 g/mol.